The molecule has 0 saturated carbocycles. The van der Waals surface area contributed by atoms with E-state index in [0.717, 1.165) is 10.5 Å². The van der Waals surface area contributed by atoms with Crippen LogP contribution >= 0.6 is 11.6 Å². The summed E-state index contributed by atoms with van der Waals surface area (Å²) in [5.74, 6) is -0.723. The third kappa shape index (κ3) is 3.30. The largest absolute Gasteiger partial charge is 0.457 e. The molecule has 3 heterocycles. The summed E-state index contributed by atoms with van der Waals surface area (Å²) in [4.78, 5) is 41.8. The number of hydrogen-bond acceptors (Lipinski definition) is 5. The minimum Gasteiger partial charge on any atom is -0.457 e. The number of aromatic nitrogens is 1. The van der Waals surface area contributed by atoms with E-state index in [9.17, 15) is 14.4 Å². The van der Waals surface area contributed by atoms with Gasteiger partial charge in [-0.1, -0.05) is 23.7 Å². The lowest BCUT2D eigenvalue weighted by Gasteiger charge is -2.25. The van der Waals surface area contributed by atoms with E-state index in [1.54, 1.807) is 30.3 Å². The van der Waals surface area contributed by atoms with E-state index in [-0.39, 0.29) is 11.3 Å². The first-order chi connectivity index (χ1) is 13.5. The van der Waals surface area contributed by atoms with E-state index in [0.29, 0.717) is 16.5 Å². The van der Waals surface area contributed by atoms with Crippen molar-refractivity contribution in [2.45, 2.75) is 0 Å². The molecule has 1 aromatic carbocycles. The molecule has 7 nitrogen and oxygen atoms in total. The second kappa shape index (κ2) is 7.13. The fourth-order valence-corrected chi connectivity index (χ4v) is 2.94. The fraction of sp³-hybridized carbons (Fsp3) is 0. The van der Waals surface area contributed by atoms with E-state index < -0.39 is 17.8 Å². The Morgan fingerprint density at radius 2 is 1.82 bits per heavy atom. The van der Waals surface area contributed by atoms with Crippen molar-refractivity contribution in [2.75, 3.05) is 4.90 Å². The Morgan fingerprint density at radius 1 is 1.04 bits per heavy atom. The van der Waals surface area contributed by atoms with Crippen LogP contribution in [0.15, 0.2) is 70.9 Å². The van der Waals surface area contributed by atoms with Crippen LogP contribution in [0.5, 0.6) is 0 Å². The number of hydrogen-bond donors (Lipinski definition) is 1. The Balaban J connectivity index is 1.68. The average molecular weight is 394 g/mol. The Labute approximate surface area is 164 Å². The highest BCUT2D eigenvalue weighted by molar-refractivity contribution is 6.39. The van der Waals surface area contributed by atoms with Gasteiger partial charge in [0, 0.05) is 23.0 Å². The Morgan fingerprint density at radius 3 is 2.57 bits per heavy atom. The smallest absolute Gasteiger partial charge is 0.335 e. The number of carbonyl (C=O) groups is 3. The number of nitrogens with zero attached hydrogens (tertiary/aromatic N) is 2. The molecule has 3 aromatic rings. The maximum absolute atomic E-state index is 12.8. The number of imide groups is 2. The van der Waals surface area contributed by atoms with E-state index >= 15 is 0 Å². The molecule has 1 saturated heterocycles. The normalized spacial score (nSPS) is 15.8. The van der Waals surface area contributed by atoms with Crippen molar-refractivity contribution in [3.8, 4) is 11.3 Å². The van der Waals surface area contributed by atoms with Gasteiger partial charge in [-0.15, -0.1) is 0 Å². The monoisotopic (exact) mass is 393 g/mol. The molecule has 8 heteroatoms. The predicted molar refractivity (Wildman–Crippen MR) is 102 cm³/mol. The molecule has 0 spiro atoms. The van der Waals surface area contributed by atoms with Crippen molar-refractivity contribution in [3.63, 3.8) is 0 Å². The zero-order valence-electron chi connectivity index (χ0n) is 14.3. The van der Waals surface area contributed by atoms with Crippen LogP contribution in [0, 0.1) is 0 Å². The number of rotatable bonds is 3. The molecule has 4 rings (SSSR count). The van der Waals surface area contributed by atoms with Gasteiger partial charge in [-0.05, 0) is 42.5 Å². The summed E-state index contributed by atoms with van der Waals surface area (Å²) in [6.07, 6.45) is 4.19. The lowest BCUT2D eigenvalue weighted by molar-refractivity contribution is -0.122. The lowest BCUT2D eigenvalue weighted by atomic mass is 10.1. The van der Waals surface area contributed by atoms with Crippen molar-refractivity contribution in [3.05, 3.63) is 77.3 Å². The number of pyridine rings is 1. The second-order valence-electron chi connectivity index (χ2n) is 5.88. The fourth-order valence-electron chi connectivity index (χ4n) is 2.75. The summed E-state index contributed by atoms with van der Waals surface area (Å²) >= 11 is 5.99. The zero-order chi connectivity index (χ0) is 19.7. The van der Waals surface area contributed by atoms with Gasteiger partial charge in [0.05, 0.1) is 5.69 Å². The number of halogens is 1. The second-order valence-corrected chi connectivity index (χ2v) is 6.31. The molecule has 1 aliphatic heterocycles. The average Bonchev–Trinajstić information content (AvgIpc) is 3.15. The number of benzene rings is 1. The number of urea groups is 1. The summed E-state index contributed by atoms with van der Waals surface area (Å²) in [6, 6.07) is 12.6. The molecule has 0 radical (unpaired) electrons. The van der Waals surface area contributed by atoms with E-state index in [1.807, 2.05) is 6.07 Å². The van der Waals surface area contributed by atoms with Crippen molar-refractivity contribution in [2.24, 2.45) is 0 Å². The van der Waals surface area contributed by atoms with Crippen LogP contribution in [0.1, 0.15) is 5.76 Å². The van der Waals surface area contributed by atoms with Gasteiger partial charge < -0.3 is 4.42 Å². The first kappa shape index (κ1) is 17.7. The minimum atomic E-state index is -0.822. The van der Waals surface area contributed by atoms with Gasteiger partial charge in [-0.25, -0.2) is 9.69 Å². The molecule has 1 N–H and O–H groups in total. The standard InChI is InChI=1S/C20H12ClN3O4/c21-13-3-1-2-12(10-13)17-5-4-15(28-17)11-16-18(25)23-20(27)24(19(16)26)14-6-8-22-9-7-14/h1-11H,(H,23,25,27)/b16-11+. The van der Waals surface area contributed by atoms with Gasteiger partial charge in [0.2, 0.25) is 0 Å². The highest BCUT2D eigenvalue weighted by atomic mass is 35.5. The first-order valence-corrected chi connectivity index (χ1v) is 8.58. The minimum absolute atomic E-state index is 0.219. The SMILES string of the molecule is O=C1NC(=O)N(c2ccncc2)C(=O)/C1=C/c1ccc(-c2cccc(Cl)c2)o1. The topological polar surface area (TPSA) is 92.5 Å². The van der Waals surface area contributed by atoms with Gasteiger partial charge in [-0.2, -0.15) is 0 Å². The molecule has 0 aliphatic carbocycles. The van der Waals surface area contributed by atoms with E-state index in [4.69, 9.17) is 16.0 Å². The van der Waals surface area contributed by atoms with Crippen LogP contribution in [0.4, 0.5) is 10.5 Å². The predicted octanol–water partition coefficient (Wildman–Crippen LogP) is 3.66. The molecular weight excluding hydrogens is 382 g/mol. The zero-order valence-corrected chi connectivity index (χ0v) is 15.0. The van der Waals surface area contributed by atoms with E-state index in [2.05, 4.69) is 10.3 Å². The lowest BCUT2D eigenvalue weighted by Crippen LogP contribution is -2.54. The number of carbonyl (C=O) groups excluding carboxylic acids is 3. The van der Waals surface area contributed by atoms with Crippen LogP contribution in [0.3, 0.4) is 0 Å². The Kier molecular flexibility index (Phi) is 4.50. The number of amides is 4. The molecule has 2 aromatic heterocycles. The summed E-state index contributed by atoms with van der Waals surface area (Å²) in [6.45, 7) is 0. The quantitative estimate of drug-likeness (QED) is 0.541. The van der Waals surface area contributed by atoms with Crippen molar-refractivity contribution in [1.29, 1.82) is 0 Å². The number of anilines is 1. The van der Waals surface area contributed by atoms with Gasteiger partial charge in [0.1, 0.15) is 17.1 Å². The van der Waals surface area contributed by atoms with Crippen LogP contribution < -0.4 is 10.2 Å². The maximum atomic E-state index is 12.8. The van der Waals surface area contributed by atoms with Gasteiger partial charge >= 0.3 is 6.03 Å². The molecular formula is C20H12ClN3O4. The summed E-state index contributed by atoms with van der Waals surface area (Å²) in [5, 5.41) is 2.71. The first-order valence-electron chi connectivity index (χ1n) is 8.20. The Bertz CT molecular complexity index is 1120. The molecule has 28 heavy (non-hydrogen) atoms. The van der Waals surface area contributed by atoms with E-state index in [1.165, 1.54) is 30.6 Å². The van der Waals surface area contributed by atoms with Crippen LogP contribution in [0.25, 0.3) is 17.4 Å². The molecule has 138 valence electrons. The maximum Gasteiger partial charge on any atom is 0.335 e. The van der Waals surface area contributed by atoms with Gasteiger partial charge in [0.25, 0.3) is 11.8 Å². The van der Waals surface area contributed by atoms with Gasteiger partial charge in [0.15, 0.2) is 0 Å². The molecule has 4 amide bonds. The molecule has 0 bridgehead atoms. The molecule has 0 unspecified atom stereocenters. The third-order valence-electron chi connectivity index (χ3n) is 4.05. The highest BCUT2D eigenvalue weighted by Crippen LogP contribution is 2.27. The van der Waals surface area contributed by atoms with Gasteiger partial charge in [-0.3, -0.25) is 19.9 Å². The summed E-state index contributed by atoms with van der Waals surface area (Å²) < 4.78 is 5.71. The number of nitrogens with one attached hydrogen (secondary N) is 1. The highest BCUT2D eigenvalue weighted by Gasteiger charge is 2.37. The van der Waals surface area contributed by atoms with Crippen molar-refractivity contribution >= 4 is 41.2 Å². The number of barbiturate groups is 1. The van der Waals surface area contributed by atoms with Crippen LogP contribution in [0.2, 0.25) is 5.02 Å². The van der Waals surface area contributed by atoms with Crippen molar-refractivity contribution < 1.29 is 18.8 Å². The third-order valence-corrected chi connectivity index (χ3v) is 4.28. The van der Waals surface area contributed by atoms with Crippen LogP contribution in [-0.2, 0) is 9.59 Å². The van der Waals surface area contributed by atoms with Crippen LogP contribution in [-0.4, -0.2) is 22.8 Å². The summed E-state index contributed by atoms with van der Waals surface area (Å²) in [5.41, 5.74) is 0.837. The molecule has 1 aliphatic rings. The molecule has 1 fully saturated rings. The summed E-state index contributed by atoms with van der Waals surface area (Å²) in [7, 11) is 0. The molecule has 0 atom stereocenters. The number of furan rings is 1. The van der Waals surface area contributed by atoms with Crippen molar-refractivity contribution in [1.82, 2.24) is 10.3 Å². The Hall–Kier alpha value is -3.71.